The van der Waals surface area contributed by atoms with Gasteiger partial charge >= 0.3 is 0 Å². The monoisotopic (exact) mass is 246 g/mol. The summed E-state index contributed by atoms with van der Waals surface area (Å²) in [4.78, 5) is 2.55. The number of rotatable bonds is 3. The molecule has 0 spiro atoms. The van der Waals surface area contributed by atoms with Crippen molar-refractivity contribution in [1.29, 1.82) is 0 Å². The highest BCUT2D eigenvalue weighted by Crippen LogP contribution is 2.32. The van der Waals surface area contributed by atoms with Crippen molar-refractivity contribution in [2.75, 3.05) is 13.1 Å². The van der Waals surface area contributed by atoms with Crippen LogP contribution in [0.4, 0.5) is 0 Å². The Morgan fingerprint density at radius 2 is 2.00 bits per heavy atom. The third-order valence-electron chi connectivity index (χ3n) is 4.02. The topological polar surface area (TPSA) is 29.3 Å². The van der Waals surface area contributed by atoms with E-state index in [-0.39, 0.29) is 6.04 Å². The van der Waals surface area contributed by atoms with E-state index >= 15 is 0 Å². The molecule has 0 saturated carbocycles. The second kappa shape index (κ2) is 5.41. The van der Waals surface area contributed by atoms with Gasteiger partial charge in [0.05, 0.1) is 0 Å². The van der Waals surface area contributed by atoms with Gasteiger partial charge in [0.1, 0.15) is 0 Å². The van der Waals surface area contributed by atoms with Gasteiger partial charge in [-0.15, -0.1) is 0 Å². The van der Waals surface area contributed by atoms with E-state index in [4.69, 9.17) is 5.73 Å². The number of nitrogens with two attached hydrogens (primary N) is 1. The highest BCUT2D eigenvalue weighted by atomic mass is 15.2. The molecule has 1 aromatic carbocycles. The molecule has 1 aliphatic rings. The standard InChI is InChI=1S/C16H26N2/c1-11(2)10-18-8-7-15(17)16(18)14-6-5-12(3)13(4)9-14/h5-6,9,11,15-16H,7-8,10,17H2,1-4H3. The van der Waals surface area contributed by atoms with Gasteiger partial charge in [-0.3, -0.25) is 4.90 Å². The molecule has 2 rings (SSSR count). The van der Waals surface area contributed by atoms with E-state index in [1.54, 1.807) is 0 Å². The molecule has 1 saturated heterocycles. The van der Waals surface area contributed by atoms with E-state index in [1.165, 1.54) is 16.7 Å². The van der Waals surface area contributed by atoms with Crippen LogP contribution < -0.4 is 5.73 Å². The molecule has 1 aliphatic heterocycles. The Labute approximate surface area is 111 Å². The minimum absolute atomic E-state index is 0.283. The van der Waals surface area contributed by atoms with E-state index in [0.29, 0.717) is 12.0 Å². The van der Waals surface area contributed by atoms with Gasteiger partial charge in [0.2, 0.25) is 0 Å². The van der Waals surface area contributed by atoms with Crippen molar-refractivity contribution in [2.45, 2.75) is 46.2 Å². The normalized spacial score (nSPS) is 25.0. The lowest BCUT2D eigenvalue weighted by Crippen LogP contribution is -2.34. The molecule has 100 valence electrons. The summed E-state index contributed by atoms with van der Waals surface area (Å²) in [5.41, 5.74) is 10.4. The number of nitrogens with zero attached hydrogens (tertiary/aromatic N) is 1. The zero-order valence-corrected chi connectivity index (χ0v) is 12.1. The molecule has 2 atom stereocenters. The highest BCUT2D eigenvalue weighted by Gasteiger charge is 2.32. The van der Waals surface area contributed by atoms with Crippen molar-refractivity contribution in [1.82, 2.24) is 4.90 Å². The van der Waals surface area contributed by atoms with Crippen molar-refractivity contribution in [3.63, 3.8) is 0 Å². The first kappa shape index (κ1) is 13.6. The molecule has 0 aromatic heterocycles. The Bertz CT molecular complexity index is 412. The minimum atomic E-state index is 0.283. The maximum absolute atomic E-state index is 6.32. The molecule has 1 heterocycles. The third kappa shape index (κ3) is 2.76. The SMILES string of the molecule is Cc1ccc(C2C(N)CCN2CC(C)C)cc1C. The number of hydrogen-bond acceptors (Lipinski definition) is 2. The molecule has 0 bridgehead atoms. The predicted octanol–water partition coefficient (Wildman–Crippen LogP) is 3.03. The summed E-state index contributed by atoms with van der Waals surface area (Å²) < 4.78 is 0. The van der Waals surface area contributed by atoms with E-state index in [2.05, 4.69) is 50.8 Å². The van der Waals surface area contributed by atoms with Crippen molar-refractivity contribution in [2.24, 2.45) is 11.7 Å². The van der Waals surface area contributed by atoms with Crippen molar-refractivity contribution in [3.8, 4) is 0 Å². The van der Waals surface area contributed by atoms with E-state index in [9.17, 15) is 0 Å². The Balaban J connectivity index is 2.24. The van der Waals surface area contributed by atoms with Gasteiger partial charge in [0, 0.05) is 25.2 Å². The number of benzene rings is 1. The summed E-state index contributed by atoms with van der Waals surface area (Å²) in [5.74, 6) is 0.698. The van der Waals surface area contributed by atoms with Crippen LogP contribution in [-0.2, 0) is 0 Å². The molecule has 0 radical (unpaired) electrons. The van der Waals surface area contributed by atoms with Crippen LogP contribution in [0.5, 0.6) is 0 Å². The van der Waals surface area contributed by atoms with Gasteiger partial charge in [-0.1, -0.05) is 32.0 Å². The smallest absolute Gasteiger partial charge is 0.0499 e. The van der Waals surface area contributed by atoms with Gasteiger partial charge in [0.15, 0.2) is 0 Å². The lowest BCUT2D eigenvalue weighted by atomic mass is 9.96. The van der Waals surface area contributed by atoms with Crippen LogP contribution in [0.1, 0.15) is 43.0 Å². The van der Waals surface area contributed by atoms with Crippen LogP contribution in [-0.4, -0.2) is 24.0 Å². The van der Waals surface area contributed by atoms with E-state index in [0.717, 1.165) is 19.5 Å². The lowest BCUT2D eigenvalue weighted by molar-refractivity contribution is 0.221. The van der Waals surface area contributed by atoms with Crippen molar-refractivity contribution < 1.29 is 0 Å². The van der Waals surface area contributed by atoms with Crippen LogP contribution in [0, 0.1) is 19.8 Å². The molecule has 1 fully saturated rings. The Kier molecular flexibility index (Phi) is 4.08. The van der Waals surface area contributed by atoms with Crippen LogP contribution in [0.25, 0.3) is 0 Å². The van der Waals surface area contributed by atoms with Crippen LogP contribution in [0.15, 0.2) is 18.2 Å². The number of likely N-dealkylation sites (tertiary alicyclic amines) is 1. The number of aryl methyl sites for hydroxylation is 2. The first-order valence-corrected chi connectivity index (χ1v) is 7.06. The molecule has 2 N–H and O–H groups in total. The molecule has 0 amide bonds. The quantitative estimate of drug-likeness (QED) is 0.888. The van der Waals surface area contributed by atoms with Gasteiger partial charge in [0.25, 0.3) is 0 Å². The lowest BCUT2D eigenvalue weighted by Gasteiger charge is -2.29. The summed E-state index contributed by atoms with van der Waals surface area (Å²) >= 11 is 0. The fraction of sp³-hybridized carbons (Fsp3) is 0.625. The molecule has 1 aromatic rings. The Hall–Kier alpha value is -0.860. The zero-order chi connectivity index (χ0) is 13.3. The largest absolute Gasteiger partial charge is 0.326 e. The van der Waals surface area contributed by atoms with Crippen molar-refractivity contribution in [3.05, 3.63) is 34.9 Å². The Morgan fingerprint density at radius 1 is 1.28 bits per heavy atom. The summed E-state index contributed by atoms with van der Waals surface area (Å²) in [6.45, 7) is 11.2. The van der Waals surface area contributed by atoms with Crippen molar-refractivity contribution >= 4 is 0 Å². The summed E-state index contributed by atoms with van der Waals surface area (Å²) in [6, 6.07) is 7.49. The first-order valence-electron chi connectivity index (χ1n) is 7.06. The molecular weight excluding hydrogens is 220 g/mol. The second-order valence-corrected chi connectivity index (χ2v) is 6.13. The maximum atomic E-state index is 6.32. The maximum Gasteiger partial charge on any atom is 0.0499 e. The van der Waals surface area contributed by atoms with Gasteiger partial charge in [-0.05, 0) is 42.9 Å². The summed E-state index contributed by atoms with van der Waals surface area (Å²) in [7, 11) is 0. The highest BCUT2D eigenvalue weighted by molar-refractivity contribution is 5.33. The minimum Gasteiger partial charge on any atom is -0.326 e. The van der Waals surface area contributed by atoms with Gasteiger partial charge in [-0.2, -0.15) is 0 Å². The predicted molar refractivity (Wildman–Crippen MR) is 77.7 cm³/mol. The summed E-state index contributed by atoms with van der Waals surface area (Å²) in [5, 5.41) is 0. The molecule has 18 heavy (non-hydrogen) atoms. The fourth-order valence-corrected chi connectivity index (χ4v) is 2.96. The molecule has 0 aliphatic carbocycles. The third-order valence-corrected chi connectivity index (χ3v) is 4.02. The second-order valence-electron chi connectivity index (χ2n) is 6.13. The van der Waals surface area contributed by atoms with E-state index < -0.39 is 0 Å². The molecule has 2 unspecified atom stereocenters. The van der Waals surface area contributed by atoms with Gasteiger partial charge in [-0.25, -0.2) is 0 Å². The first-order chi connectivity index (χ1) is 8.49. The average molecular weight is 246 g/mol. The van der Waals surface area contributed by atoms with Gasteiger partial charge < -0.3 is 5.73 Å². The zero-order valence-electron chi connectivity index (χ0n) is 12.1. The van der Waals surface area contributed by atoms with Crippen LogP contribution >= 0.6 is 0 Å². The summed E-state index contributed by atoms with van der Waals surface area (Å²) in [6.07, 6.45) is 1.12. The average Bonchev–Trinajstić information content (AvgIpc) is 2.63. The van der Waals surface area contributed by atoms with E-state index in [1.807, 2.05) is 0 Å². The Morgan fingerprint density at radius 3 is 2.61 bits per heavy atom. The fourth-order valence-electron chi connectivity index (χ4n) is 2.96. The molecular formula is C16H26N2. The number of hydrogen-bond donors (Lipinski definition) is 1. The molecule has 2 nitrogen and oxygen atoms in total. The van der Waals surface area contributed by atoms with Crippen LogP contribution in [0.3, 0.4) is 0 Å². The molecule has 2 heteroatoms. The van der Waals surface area contributed by atoms with Crippen LogP contribution in [0.2, 0.25) is 0 Å².